The zero-order chi connectivity index (χ0) is 20.2. The second-order valence-corrected chi connectivity index (χ2v) is 9.43. The number of fused-ring (bicyclic) bond motifs is 3. The van der Waals surface area contributed by atoms with Crippen LogP contribution in [0.2, 0.25) is 0 Å². The van der Waals surface area contributed by atoms with E-state index < -0.39 is 12.0 Å². The van der Waals surface area contributed by atoms with Crippen LogP contribution in [-0.2, 0) is 24.1 Å². The van der Waals surface area contributed by atoms with Gasteiger partial charge in [-0.05, 0) is 55.2 Å². The summed E-state index contributed by atoms with van der Waals surface area (Å²) in [7, 11) is 0. The Hall–Kier alpha value is -2.12. The summed E-state index contributed by atoms with van der Waals surface area (Å²) >= 11 is 3.41. The highest BCUT2D eigenvalue weighted by Gasteiger charge is 2.24. The zero-order valence-electron chi connectivity index (χ0n) is 16.5. The Balaban J connectivity index is 1.76. The number of hydrogen-bond acceptors (Lipinski definition) is 6. The van der Waals surface area contributed by atoms with E-state index in [9.17, 15) is 9.90 Å². The molecule has 2 aromatic heterocycles. The van der Waals surface area contributed by atoms with Crippen LogP contribution in [0.5, 0.6) is 0 Å². The topological polar surface area (TPSA) is 75.1 Å². The molecule has 2 heterocycles. The van der Waals surface area contributed by atoms with Crippen LogP contribution in [0, 0.1) is 0 Å². The van der Waals surface area contributed by atoms with Crippen LogP contribution in [0.4, 0.5) is 5.82 Å². The van der Waals surface area contributed by atoms with Crippen LogP contribution >= 0.6 is 23.1 Å². The first-order chi connectivity index (χ1) is 14.2. The first kappa shape index (κ1) is 20.2. The van der Waals surface area contributed by atoms with Gasteiger partial charge >= 0.3 is 5.97 Å². The molecule has 0 aliphatic heterocycles. The van der Waals surface area contributed by atoms with Gasteiger partial charge in [-0.3, -0.25) is 0 Å². The maximum absolute atomic E-state index is 11.8. The highest BCUT2D eigenvalue weighted by atomic mass is 32.2. The summed E-state index contributed by atoms with van der Waals surface area (Å²) in [6, 6.07) is 9.51. The monoisotopic (exact) mass is 427 g/mol. The van der Waals surface area contributed by atoms with Crippen LogP contribution in [0.25, 0.3) is 10.2 Å². The molecule has 5 nitrogen and oxygen atoms in total. The van der Waals surface area contributed by atoms with E-state index in [2.05, 4.69) is 17.4 Å². The van der Waals surface area contributed by atoms with Crippen molar-refractivity contribution >= 4 is 45.1 Å². The predicted molar refractivity (Wildman–Crippen MR) is 121 cm³/mol. The molecule has 1 aliphatic rings. The van der Waals surface area contributed by atoms with Gasteiger partial charge < -0.3 is 10.4 Å². The molecule has 1 unspecified atom stereocenters. The van der Waals surface area contributed by atoms with Crippen molar-refractivity contribution in [2.24, 2.45) is 0 Å². The number of thiophene rings is 1. The third-order valence-corrected chi connectivity index (χ3v) is 7.12. The van der Waals surface area contributed by atoms with Crippen molar-refractivity contribution < 1.29 is 9.90 Å². The number of aromatic nitrogens is 2. The molecule has 3 aromatic rings. The molecule has 0 saturated heterocycles. The van der Waals surface area contributed by atoms with E-state index >= 15 is 0 Å². The van der Waals surface area contributed by atoms with E-state index in [0.717, 1.165) is 40.2 Å². The predicted octanol–water partition coefficient (Wildman–Crippen LogP) is 4.78. The third-order valence-electron chi connectivity index (χ3n) is 5.29. The highest BCUT2D eigenvalue weighted by Crippen LogP contribution is 2.39. The Kier molecular flexibility index (Phi) is 6.35. The lowest BCUT2D eigenvalue weighted by Crippen LogP contribution is -2.30. The molecule has 0 fully saturated rings. The van der Waals surface area contributed by atoms with Gasteiger partial charge in [0, 0.05) is 11.3 Å². The first-order valence-electron chi connectivity index (χ1n) is 9.99. The molecule has 1 atom stereocenters. The van der Waals surface area contributed by atoms with Crippen molar-refractivity contribution in [3.05, 3.63) is 52.2 Å². The number of hydrogen-bond donors (Lipinski definition) is 2. The smallest absolute Gasteiger partial charge is 0.326 e. The van der Waals surface area contributed by atoms with E-state index in [1.54, 1.807) is 23.1 Å². The minimum absolute atomic E-state index is 0.558. The number of nitrogens with zero attached hydrogens (tertiary/aromatic N) is 2. The van der Waals surface area contributed by atoms with Gasteiger partial charge in [0.2, 0.25) is 0 Å². The number of carboxylic acids is 1. The molecule has 7 heteroatoms. The van der Waals surface area contributed by atoms with Gasteiger partial charge in [0.25, 0.3) is 0 Å². The fourth-order valence-corrected chi connectivity index (χ4v) is 5.57. The lowest BCUT2D eigenvalue weighted by Gasteiger charge is -2.17. The van der Waals surface area contributed by atoms with Crippen molar-refractivity contribution in [2.75, 3.05) is 17.3 Å². The molecule has 0 spiro atoms. The summed E-state index contributed by atoms with van der Waals surface area (Å²) in [6.45, 7) is 0. The molecule has 0 radical (unpaired) electrons. The molecular weight excluding hydrogens is 402 g/mol. The van der Waals surface area contributed by atoms with Gasteiger partial charge in [0.1, 0.15) is 22.5 Å². The van der Waals surface area contributed by atoms with E-state index in [1.165, 1.54) is 23.3 Å². The zero-order valence-corrected chi connectivity index (χ0v) is 18.1. The Morgan fingerprint density at radius 2 is 2.03 bits per heavy atom. The summed E-state index contributed by atoms with van der Waals surface area (Å²) < 4.78 is 0. The minimum Gasteiger partial charge on any atom is -0.480 e. The Morgan fingerprint density at radius 1 is 1.24 bits per heavy atom. The first-order valence-corrected chi connectivity index (χ1v) is 12.2. The summed E-state index contributed by atoms with van der Waals surface area (Å²) in [4.78, 5) is 23.9. The van der Waals surface area contributed by atoms with Gasteiger partial charge in [-0.1, -0.05) is 30.3 Å². The normalized spacial score (nSPS) is 14.5. The van der Waals surface area contributed by atoms with Crippen LogP contribution in [-0.4, -0.2) is 39.1 Å². The Bertz CT molecular complexity index is 1000. The van der Waals surface area contributed by atoms with E-state index in [1.807, 2.05) is 24.5 Å². The SMILES string of the molecule is CSCCC(Nc1nc(Cc2ccccc2)nc2sc3c(c12)CCCC3)C(=O)O. The molecule has 1 aliphatic carbocycles. The third kappa shape index (κ3) is 4.56. The molecular formula is C22H25N3O2S2. The maximum Gasteiger partial charge on any atom is 0.326 e. The quantitative estimate of drug-likeness (QED) is 0.539. The van der Waals surface area contributed by atoms with E-state index in [-0.39, 0.29) is 0 Å². The molecule has 4 rings (SSSR count). The maximum atomic E-state index is 11.8. The number of anilines is 1. The standard InChI is InChI=1S/C22H25N3O2S2/c1-28-12-11-16(22(26)27)23-20-19-15-9-5-6-10-17(15)29-21(19)25-18(24-20)13-14-7-3-2-4-8-14/h2-4,7-8,16H,5-6,9-13H2,1H3,(H,26,27)(H,23,24,25). The highest BCUT2D eigenvalue weighted by molar-refractivity contribution is 7.98. The molecule has 152 valence electrons. The molecule has 0 bridgehead atoms. The number of thioether (sulfide) groups is 1. The van der Waals surface area contributed by atoms with Crippen molar-refractivity contribution in [3.63, 3.8) is 0 Å². The molecule has 0 saturated carbocycles. The average molecular weight is 428 g/mol. The minimum atomic E-state index is -0.834. The molecule has 0 amide bonds. The Labute approximate surface area is 179 Å². The fourth-order valence-electron chi connectivity index (χ4n) is 3.82. The number of carbonyl (C=O) groups is 1. The molecule has 2 N–H and O–H groups in total. The average Bonchev–Trinajstić information content (AvgIpc) is 3.10. The van der Waals surface area contributed by atoms with Gasteiger partial charge in [0.15, 0.2) is 0 Å². The van der Waals surface area contributed by atoms with E-state index in [0.29, 0.717) is 18.7 Å². The number of benzene rings is 1. The number of nitrogens with one attached hydrogen (secondary N) is 1. The summed E-state index contributed by atoms with van der Waals surface area (Å²) in [5, 5.41) is 14.0. The van der Waals surface area contributed by atoms with Crippen LogP contribution in [0.15, 0.2) is 30.3 Å². The van der Waals surface area contributed by atoms with E-state index in [4.69, 9.17) is 9.97 Å². The van der Waals surface area contributed by atoms with Crippen LogP contribution < -0.4 is 5.32 Å². The van der Waals surface area contributed by atoms with Gasteiger partial charge in [-0.15, -0.1) is 11.3 Å². The van der Waals surface area contributed by atoms with Gasteiger partial charge in [-0.2, -0.15) is 11.8 Å². The fraction of sp³-hybridized carbons (Fsp3) is 0.409. The summed E-state index contributed by atoms with van der Waals surface area (Å²) in [5.74, 6) is 1.38. The number of aliphatic carboxylic acids is 1. The summed E-state index contributed by atoms with van der Waals surface area (Å²) in [5.41, 5.74) is 2.47. The molecule has 1 aromatic carbocycles. The number of carboxylic acid groups (broad SMARTS) is 1. The van der Waals surface area contributed by atoms with Crippen LogP contribution in [0.1, 0.15) is 41.1 Å². The lowest BCUT2D eigenvalue weighted by atomic mass is 9.97. The number of rotatable bonds is 8. The lowest BCUT2D eigenvalue weighted by molar-refractivity contribution is -0.137. The Morgan fingerprint density at radius 3 is 2.79 bits per heavy atom. The second kappa shape index (κ2) is 9.13. The largest absolute Gasteiger partial charge is 0.480 e. The van der Waals surface area contributed by atoms with Gasteiger partial charge in [-0.25, -0.2) is 14.8 Å². The van der Waals surface area contributed by atoms with Crippen molar-refractivity contribution in [2.45, 2.75) is 44.6 Å². The van der Waals surface area contributed by atoms with Crippen molar-refractivity contribution in [3.8, 4) is 0 Å². The van der Waals surface area contributed by atoms with Crippen molar-refractivity contribution in [1.29, 1.82) is 0 Å². The number of aryl methyl sites for hydroxylation is 2. The van der Waals surface area contributed by atoms with Gasteiger partial charge in [0.05, 0.1) is 5.39 Å². The second-order valence-electron chi connectivity index (χ2n) is 7.36. The summed E-state index contributed by atoms with van der Waals surface area (Å²) in [6.07, 6.45) is 7.66. The van der Waals surface area contributed by atoms with Crippen LogP contribution in [0.3, 0.4) is 0 Å². The molecule has 29 heavy (non-hydrogen) atoms. The van der Waals surface area contributed by atoms with Crippen molar-refractivity contribution in [1.82, 2.24) is 9.97 Å².